The van der Waals surface area contributed by atoms with E-state index in [1.165, 1.54) is 12.8 Å². The lowest BCUT2D eigenvalue weighted by atomic mass is 10.0. The summed E-state index contributed by atoms with van der Waals surface area (Å²) in [6, 6.07) is 0. The number of ether oxygens (including phenoxy) is 1. The predicted octanol–water partition coefficient (Wildman–Crippen LogP) is 1.78. The highest BCUT2D eigenvalue weighted by Gasteiger charge is 2.23. The van der Waals surface area contributed by atoms with Crippen LogP contribution in [-0.4, -0.2) is 37.9 Å². The summed E-state index contributed by atoms with van der Waals surface area (Å²) in [7, 11) is 0. The molecule has 2 atom stereocenters. The molecule has 0 aromatic carbocycles. The Morgan fingerprint density at radius 3 is 2.56 bits per heavy atom. The largest absolute Gasteiger partial charge is 0.378 e. The van der Waals surface area contributed by atoms with E-state index in [9.17, 15) is 0 Å². The molecule has 2 N–H and O–H groups in total. The molecule has 0 bridgehead atoms. The molecule has 0 aliphatic carbocycles. The van der Waals surface area contributed by atoms with E-state index in [-0.39, 0.29) is 5.54 Å². The van der Waals surface area contributed by atoms with Crippen LogP contribution in [0.4, 0.5) is 0 Å². The Bertz CT molecular complexity index is 189. The van der Waals surface area contributed by atoms with E-state index >= 15 is 0 Å². The number of rotatable bonds is 6. The van der Waals surface area contributed by atoms with Gasteiger partial charge in [-0.05, 0) is 59.5 Å². The summed E-state index contributed by atoms with van der Waals surface area (Å²) in [6.07, 6.45) is 2.85. The van der Waals surface area contributed by atoms with Gasteiger partial charge in [-0.15, -0.1) is 0 Å². The van der Waals surface area contributed by atoms with E-state index in [4.69, 9.17) is 4.74 Å². The fourth-order valence-corrected chi connectivity index (χ4v) is 2.01. The monoisotopic (exact) mass is 228 g/mol. The summed E-state index contributed by atoms with van der Waals surface area (Å²) in [5.74, 6) is 0.718. The van der Waals surface area contributed by atoms with Crippen molar-refractivity contribution in [2.24, 2.45) is 5.92 Å². The lowest BCUT2D eigenvalue weighted by molar-refractivity contribution is 0.105. The summed E-state index contributed by atoms with van der Waals surface area (Å²) in [4.78, 5) is 0. The lowest BCUT2D eigenvalue weighted by Gasteiger charge is -2.20. The van der Waals surface area contributed by atoms with Gasteiger partial charge in [0.1, 0.15) is 0 Å². The molecule has 0 amide bonds. The van der Waals surface area contributed by atoms with Gasteiger partial charge in [0.05, 0.1) is 6.10 Å². The van der Waals surface area contributed by atoms with Crippen molar-refractivity contribution >= 4 is 0 Å². The summed E-state index contributed by atoms with van der Waals surface area (Å²) >= 11 is 0. The van der Waals surface area contributed by atoms with Crippen molar-refractivity contribution in [3.63, 3.8) is 0 Å². The summed E-state index contributed by atoms with van der Waals surface area (Å²) < 4.78 is 5.54. The Hall–Kier alpha value is -0.120. The molecular formula is C13H28N2O. The van der Waals surface area contributed by atoms with Gasteiger partial charge in [0.15, 0.2) is 0 Å². The van der Waals surface area contributed by atoms with Crippen LogP contribution in [0.5, 0.6) is 0 Å². The highest BCUT2D eigenvalue weighted by molar-refractivity contribution is 4.75. The first-order chi connectivity index (χ1) is 7.49. The molecule has 3 heteroatoms. The van der Waals surface area contributed by atoms with Crippen LogP contribution < -0.4 is 10.6 Å². The van der Waals surface area contributed by atoms with Crippen LogP contribution in [0, 0.1) is 5.92 Å². The molecule has 1 fully saturated rings. The van der Waals surface area contributed by atoms with Gasteiger partial charge in [-0.3, -0.25) is 0 Å². The Kier molecular flexibility index (Phi) is 5.73. The summed E-state index contributed by atoms with van der Waals surface area (Å²) in [6.45, 7) is 13.0. The van der Waals surface area contributed by atoms with E-state index < -0.39 is 0 Å². The van der Waals surface area contributed by atoms with Crippen molar-refractivity contribution in [3.8, 4) is 0 Å². The van der Waals surface area contributed by atoms with E-state index in [1.54, 1.807) is 0 Å². The van der Waals surface area contributed by atoms with Crippen molar-refractivity contribution in [2.45, 2.75) is 52.2 Å². The second-order valence-electron chi connectivity index (χ2n) is 5.86. The van der Waals surface area contributed by atoms with Crippen molar-refractivity contribution in [1.29, 1.82) is 0 Å². The molecule has 1 saturated heterocycles. The third-order valence-electron chi connectivity index (χ3n) is 3.13. The van der Waals surface area contributed by atoms with Crippen molar-refractivity contribution < 1.29 is 4.74 Å². The van der Waals surface area contributed by atoms with Crippen LogP contribution >= 0.6 is 0 Å². The average molecular weight is 228 g/mol. The first kappa shape index (κ1) is 13.9. The van der Waals surface area contributed by atoms with Crippen LogP contribution in [-0.2, 0) is 4.74 Å². The maximum absolute atomic E-state index is 5.54. The van der Waals surface area contributed by atoms with Crippen molar-refractivity contribution in [3.05, 3.63) is 0 Å². The first-order valence-electron chi connectivity index (χ1n) is 6.56. The van der Waals surface area contributed by atoms with Gasteiger partial charge >= 0.3 is 0 Å². The van der Waals surface area contributed by atoms with Crippen LogP contribution in [0.25, 0.3) is 0 Å². The molecule has 96 valence electrons. The second kappa shape index (κ2) is 6.58. The van der Waals surface area contributed by atoms with Crippen LogP contribution in [0.2, 0.25) is 0 Å². The minimum atomic E-state index is 0.244. The van der Waals surface area contributed by atoms with Crippen LogP contribution in [0.3, 0.4) is 0 Å². The molecule has 0 aromatic rings. The molecule has 0 spiro atoms. The molecule has 1 heterocycles. The van der Waals surface area contributed by atoms with Crippen LogP contribution in [0.1, 0.15) is 40.5 Å². The van der Waals surface area contributed by atoms with Gasteiger partial charge in [-0.25, -0.2) is 0 Å². The molecule has 1 rings (SSSR count). The zero-order valence-electron chi connectivity index (χ0n) is 11.3. The standard InChI is InChI=1S/C13H28N2O/c1-11-12(6-9-16-11)10-14-7-5-8-15-13(2,3)4/h11-12,14-15H,5-10H2,1-4H3. The Labute approximate surface area is 100 Å². The van der Waals surface area contributed by atoms with E-state index in [0.29, 0.717) is 6.10 Å². The maximum Gasteiger partial charge on any atom is 0.0588 e. The third kappa shape index (κ3) is 5.83. The Balaban J connectivity index is 1.92. The highest BCUT2D eigenvalue weighted by Crippen LogP contribution is 2.19. The number of hydrogen-bond acceptors (Lipinski definition) is 3. The molecular weight excluding hydrogens is 200 g/mol. The van der Waals surface area contributed by atoms with Gasteiger partial charge in [0, 0.05) is 18.7 Å². The Morgan fingerprint density at radius 1 is 1.25 bits per heavy atom. The minimum absolute atomic E-state index is 0.244. The maximum atomic E-state index is 5.54. The predicted molar refractivity (Wildman–Crippen MR) is 68.8 cm³/mol. The fourth-order valence-electron chi connectivity index (χ4n) is 2.01. The lowest BCUT2D eigenvalue weighted by Crippen LogP contribution is -2.37. The zero-order valence-corrected chi connectivity index (χ0v) is 11.3. The van der Waals surface area contributed by atoms with Gasteiger partial charge in [-0.2, -0.15) is 0 Å². The quantitative estimate of drug-likeness (QED) is 0.680. The average Bonchev–Trinajstić information content (AvgIpc) is 2.56. The van der Waals surface area contributed by atoms with Crippen molar-refractivity contribution in [1.82, 2.24) is 10.6 Å². The normalized spacial score (nSPS) is 26.2. The highest BCUT2D eigenvalue weighted by atomic mass is 16.5. The minimum Gasteiger partial charge on any atom is -0.378 e. The summed E-state index contributed by atoms with van der Waals surface area (Å²) in [5.41, 5.74) is 0.244. The fraction of sp³-hybridized carbons (Fsp3) is 1.00. The number of hydrogen-bond donors (Lipinski definition) is 2. The molecule has 0 aromatic heterocycles. The number of nitrogens with one attached hydrogen (secondary N) is 2. The van der Waals surface area contributed by atoms with E-state index in [1.807, 2.05) is 0 Å². The Morgan fingerprint density at radius 2 is 2.00 bits per heavy atom. The molecule has 1 aliphatic rings. The molecule has 3 nitrogen and oxygen atoms in total. The zero-order chi connectivity index (χ0) is 12.0. The molecule has 0 saturated carbocycles. The molecule has 1 aliphatic heterocycles. The van der Waals surface area contributed by atoms with Gasteiger partial charge in [0.25, 0.3) is 0 Å². The van der Waals surface area contributed by atoms with Crippen LogP contribution in [0.15, 0.2) is 0 Å². The van der Waals surface area contributed by atoms with Gasteiger partial charge < -0.3 is 15.4 Å². The smallest absolute Gasteiger partial charge is 0.0588 e. The molecule has 16 heavy (non-hydrogen) atoms. The van der Waals surface area contributed by atoms with E-state index in [0.717, 1.165) is 32.2 Å². The summed E-state index contributed by atoms with van der Waals surface area (Å²) in [5, 5.41) is 7.02. The molecule has 0 radical (unpaired) electrons. The second-order valence-corrected chi connectivity index (χ2v) is 5.86. The SMILES string of the molecule is CC1OCCC1CNCCCNC(C)(C)C. The van der Waals surface area contributed by atoms with E-state index in [2.05, 4.69) is 38.3 Å². The van der Waals surface area contributed by atoms with Gasteiger partial charge in [0.2, 0.25) is 0 Å². The van der Waals surface area contributed by atoms with Crippen molar-refractivity contribution in [2.75, 3.05) is 26.2 Å². The topological polar surface area (TPSA) is 33.3 Å². The third-order valence-corrected chi connectivity index (χ3v) is 3.13. The first-order valence-corrected chi connectivity index (χ1v) is 6.56. The molecule has 2 unspecified atom stereocenters. The van der Waals surface area contributed by atoms with Gasteiger partial charge in [-0.1, -0.05) is 0 Å².